The number of anilines is 1. The molecule has 1 aromatic heterocycles. The first-order chi connectivity index (χ1) is 9.69. The van der Waals surface area contributed by atoms with Gasteiger partial charge in [0, 0.05) is 38.9 Å². The highest BCUT2D eigenvalue weighted by Crippen LogP contribution is 2.18. The Balaban J connectivity index is 1.94. The van der Waals surface area contributed by atoms with Gasteiger partial charge in [0.25, 0.3) is 0 Å². The third kappa shape index (κ3) is 4.11. The van der Waals surface area contributed by atoms with E-state index in [-0.39, 0.29) is 0 Å². The lowest BCUT2D eigenvalue weighted by Gasteiger charge is -2.18. The fourth-order valence-electron chi connectivity index (χ4n) is 2.34. The molecular weight excluding hydrogens is 250 g/mol. The first kappa shape index (κ1) is 14.6. The Morgan fingerprint density at radius 3 is 2.80 bits per heavy atom. The molecule has 0 radical (unpaired) electrons. The zero-order valence-electron chi connectivity index (χ0n) is 12.7. The van der Waals surface area contributed by atoms with E-state index in [4.69, 9.17) is 0 Å². The van der Waals surface area contributed by atoms with Gasteiger partial charge in [0.15, 0.2) is 5.96 Å². The molecule has 0 bridgehead atoms. The Kier molecular flexibility index (Phi) is 5.21. The molecule has 2 N–H and O–H groups in total. The fourth-order valence-corrected chi connectivity index (χ4v) is 2.34. The van der Waals surface area contributed by atoms with Crippen LogP contribution in [0.15, 0.2) is 23.3 Å². The quantitative estimate of drug-likeness (QED) is 0.649. The molecule has 1 saturated heterocycles. The van der Waals surface area contributed by atoms with Crippen LogP contribution in [-0.2, 0) is 6.54 Å². The van der Waals surface area contributed by atoms with Crippen molar-refractivity contribution in [2.75, 3.05) is 25.0 Å². The maximum Gasteiger partial charge on any atom is 0.191 e. The summed E-state index contributed by atoms with van der Waals surface area (Å²) in [5.41, 5.74) is 1.23. The summed E-state index contributed by atoms with van der Waals surface area (Å²) in [6.45, 7) is 7.21. The first-order valence-corrected chi connectivity index (χ1v) is 7.36. The van der Waals surface area contributed by atoms with Crippen LogP contribution in [0.3, 0.4) is 0 Å². The van der Waals surface area contributed by atoms with E-state index in [2.05, 4.69) is 51.5 Å². The van der Waals surface area contributed by atoms with E-state index >= 15 is 0 Å². The summed E-state index contributed by atoms with van der Waals surface area (Å²) in [6.07, 6.45) is 4.44. The number of aliphatic imine (C=N–C) groups is 1. The minimum absolute atomic E-state index is 0.374. The molecule has 0 spiro atoms. The number of rotatable bonds is 4. The zero-order chi connectivity index (χ0) is 14.4. The molecule has 1 aliphatic heterocycles. The van der Waals surface area contributed by atoms with Crippen LogP contribution in [-0.4, -0.2) is 37.1 Å². The lowest BCUT2D eigenvalue weighted by Crippen LogP contribution is -2.40. The van der Waals surface area contributed by atoms with Crippen LogP contribution in [0.4, 0.5) is 5.82 Å². The fraction of sp³-hybridized carbons (Fsp3) is 0.600. The Morgan fingerprint density at radius 2 is 2.15 bits per heavy atom. The van der Waals surface area contributed by atoms with Gasteiger partial charge in [-0.05, 0) is 44.4 Å². The Hall–Kier alpha value is -1.78. The predicted octanol–water partition coefficient (Wildman–Crippen LogP) is 1.76. The van der Waals surface area contributed by atoms with E-state index in [0.29, 0.717) is 6.04 Å². The van der Waals surface area contributed by atoms with Crippen molar-refractivity contribution < 1.29 is 0 Å². The van der Waals surface area contributed by atoms with Gasteiger partial charge in [-0.1, -0.05) is 0 Å². The van der Waals surface area contributed by atoms with E-state index in [9.17, 15) is 0 Å². The van der Waals surface area contributed by atoms with Crippen molar-refractivity contribution in [1.82, 2.24) is 15.6 Å². The second-order valence-corrected chi connectivity index (χ2v) is 5.44. The van der Waals surface area contributed by atoms with Crippen LogP contribution in [0.2, 0.25) is 0 Å². The molecule has 1 aliphatic rings. The van der Waals surface area contributed by atoms with E-state index in [0.717, 1.165) is 31.4 Å². The largest absolute Gasteiger partial charge is 0.357 e. The van der Waals surface area contributed by atoms with Crippen molar-refractivity contribution in [3.8, 4) is 0 Å². The lowest BCUT2D eigenvalue weighted by molar-refractivity contribution is 0.699. The molecule has 20 heavy (non-hydrogen) atoms. The van der Waals surface area contributed by atoms with E-state index in [1.807, 2.05) is 6.20 Å². The van der Waals surface area contributed by atoms with Crippen molar-refractivity contribution in [3.05, 3.63) is 23.9 Å². The van der Waals surface area contributed by atoms with Gasteiger partial charge < -0.3 is 15.5 Å². The average Bonchev–Trinajstić information content (AvgIpc) is 2.97. The van der Waals surface area contributed by atoms with Crippen molar-refractivity contribution in [1.29, 1.82) is 0 Å². The molecule has 1 aromatic rings. The second-order valence-electron chi connectivity index (χ2n) is 5.44. The number of nitrogens with zero attached hydrogens (tertiary/aromatic N) is 3. The van der Waals surface area contributed by atoms with Gasteiger partial charge in [-0.15, -0.1) is 0 Å². The SMILES string of the molecule is CN=C(NCc1ccnc(N2CCCC2)c1)NC(C)C. The number of aromatic nitrogens is 1. The van der Waals surface area contributed by atoms with E-state index < -0.39 is 0 Å². The summed E-state index contributed by atoms with van der Waals surface area (Å²) in [5.74, 6) is 1.92. The normalized spacial score (nSPS) is 15.8. The zero-order valence-corrected chi connectivity index (χ0v) is 12.7. The van der Waals surface area contributed by atoms with Gasteiger partial charge in [-0.3, -0.25) is 4.99 Å². The van der Waals surface area contributed by atoms with Crippen LogP contribution in [0, 0.1) is 0 Å². The molecule has 2 heterocycles. The summed E-state index contributed by atoms with van der Waals surface area (Å²) in [6, 6.07) is 4.59. The third-order valence-electron chi connectivity index (χ3n) is 3.35. The predicted molar refractivity (Wildman–Crippen MR) is 84.2 cm³/mol. The lowest BCUT2D eigenvalue weighted by atomic mass is 10.2. The number of pyridine rings is 1. The van der Waals surface area contributed by atoms with Crippen LogP contribution in [0.1, 0.15) is 32.3 Å². The van der Waals surface area contributed by atoms with Crippen LogP contribution in [0.5, 0.6) is 0 Å². The molecule has 0 unspecified atom stereocenters. The molecule has 5 heteroatoms. The number of hydrogen-bond acceptors (Lipinski definition) is 3. The molecule has 0 atom stereocenters. The van der Waals surface area contributed by atoms with E-state index in [1.54, 1.807) is 7.05 Å². The van der Waals surface area contributed by atoms with Crippen LogP contribution >= 0.6 is 0 Å². The minimum atomic E-state index is 0.374. The number of hydrogen-bond donors (Lipinski definition) is 2. The third-order valence-corrected chi connectivity index (χ3v) is 3.35. The van der Waals surface area contributed by atoms with Gasteiger partial charge in [-0.2, -0.15) is 0 Å². The molecule has 0 amide bonds. The minimum Gasteiger partial charge on any atom is -0.357 e. The van der Waals surface area contributed by atoms with Crippen LogP contribution in [0.25, 0.3) is 0 Å². The summed E-state index contributed by atoms with van der Waals surface area (Å²) >= 11 is 0. The Bertz CT molecular complexity index is 449. The topological polar surface area (TPSA) is 52.6 Å². The standard InChI is InChI=1S/C15H25N5/c1-12(2)19-15(16-3)18-11-13-6-7-17-14(10-13)20-8-4-5-9-20/h6-7,10,12H,4-5,8-9,11H2,1-3H3,(H2,16,18,19). The molecular formula is C15H25N5. The van der Waals surface area contributed by atoms with Gasteiger partial charge in [0.05, 0.1) is 0 Å². The number of guanidine groups is 1. The van der Waals surface area contributed by atoms with Gasteiger partial charge in [-0.25, -0.2) is 4.98 Å². The van der Waals surface area contributed by atoms with Crippen molar-refractivity contribution in [2.24, 2.45) is 4.99 Å². The van der Waals surface area contributed by atoms with Crippen LogP contribution < -0.4 is 15.5 Å². The Labute approximate surface area is 121 Å². The smallest absolute Gasteiger partial charge is 0.191 e. The summed E-state index contributed by atoms with van der Waals surface area (Å²) in [7, 11) is 1.79. The highest BCUT2D eigenvalue weighted by molar-refractivity contribution is 5.79. The van der Waals surface area contributed by atoms with E-state index in [1.165, 1.54) is 18.4 Å². The van der Waals surface area contributed by atoms with Gasteiger partial charge in [0.1, 0.15) is 5.82 Å². The molecule has 110 valence electrons. The second kappa shape index (κ2) is 7.12. The monoisotopic (exact) mass is 275 g/mol. The first-order valence-electron chi connectivity index (χ1n) is 7.36. The summed E-state index contributed by atoms with van der Waals surface area (Å²) in [5, 5.41) is 6.61. The summed E-state index contributed by atoms with van der Waals surface area (Å²) in [4.78, 5) is 11.0. The molecule has 5 nitrogen and oxygen atoms in total. The summed E-state index contributed by atoms with van der Waals surface area (Å²) < 4.78 is 0. The van der Waals surface area contributed by atoms with Crippen molar-refractivity contribution >= 4 is 11.8 Å². The molecule has 0 aromatic carbocycles. The van der Waals surface area contributed by atoms with Gasteiger partial charge in [0.2, 0.25) is 0 Å². The molecule has 0 aliphatic carbocycles. The van der Waals surface area contributed by atoms with Crippen molar-refractivity contribution in [2.45, 2.75) is 39.3 Å². The number of nitrogens with one attached hydrogen (secondary N) is 2. The Morgan fingerprint density at radius 1 is 1.40 bits per heavy atom. The maximum absolute atomic E-state index is 4.47. The maximum atomic E-state index is 4.47. The highest BCUT2D eigenvalue weighted by atomic mass is 15.2. The van der Waals surface area contributed by atoms with Gasteiger partial charge >= 0.3 is 0 Å². The molecule has 1 fully saturated rings. The molecule has 0 saturated carbocycles. The van der Waals surface area contributed by atoms with Crippen molar-refractivity contribution in [3.63, 3.8) is 0 Å². The average molecular weight is 275 g/mol. The highest BCUT2D eigenvalue weighted by Gasteiger charge is 2.13. The molecule has 2 rings (SSSR count).